The summed E-state index contributed by atoms with van der Waals surface area (Å²) in [6.45, 7) is 1.58. The van der Waals surface area contributed by atoms with E-state index in [-0.39, 0.29) is 11.3 Å². The molecule has 4 aromatic rings. The highest BCUT2D eigenvalue weighted by Crippen LogP contribution is 2.32. The Balaban J connectivity index is 1.35. The minimum atomic E-state index is -0.430. The summed E-state index contributed by atoms with van der Waals surface area (Å²) in [6.07, 6.45) is 2.60. The SMILES string of the molecule is O=C(Nc1ccc2oc(Cc3ccccc3)nc2c1)c1ccc(N2CCCC2)c([N+](=O)[O-])c1. The normalized spacial score (nSPS) is 13.4. The van der Waals surface area contributed by atoms with E-state index in [2.05, 4.69) is 10.3 Å². The van der Waals surface area contributed by atoms with Crippen molar-refractivity contribution in [2.75, 3.05) is 23.3 Å². The van der Waals surface area contributed by atoms with E-state index in [1.807, 2.05) is 35.2 Å². The van der Waals surface area contributed by atoms with Gasteiger partial charge in [0.1, 0.15) is 11.2 Å². The van der Waals surface area contributed by atoms with E-state index in [1.54, 1.807) is 30.3 Å². The Bertz CT molecular complexity index is 1330. The molecule has 1 aliphatic heterocycles. The summed E-state index contributed by atoms with van der Waals surface area (Å²) in [5.74, 6) is 0.172. The third-order valence-corrected chi connectivity index (χ3v) is 5.77. The molecule has 0 spiro atoms. The van der Waals surface area contributed by atoms with Gasteiger partial charge in [-0.05, 0) is 48.7 Å². The topological polar surface area (TPSA) is 102 Å². The zero-order chi connectivity index (χ0) is 22.8. The molecular weight excluding hydrogens is 420 g/mol. The molecule has 1 aliphatic rings. The van der Waals surface area contributed by atoms with Crippen LogP contribution in [0.15, 0.2) is 71.1 Å². The van der Waals surface area contributed by atoms with Crippen molar-refractivity contribution in [1.82, 2.24) is 4.98 Å². The summed E-state index contributed by atoms with van der Waals surface area (Å²) in [7, 11) is 0. The number of hydrogen-bond acceptors (Lipinski definition) is 6. The number of fused-ring (bicyclic) bond motifs is 1. The van der Waals surface area contributed by atoms with Crippen molar-refractivity contribution in [2.45, 2.75) is 19.3 Å². The Kier molecular flexibility index (Phi) is 5.48. The van der Waals surface area contributed by atoms with Crippen LogP contribution in [0.1, 0.15) is 34.7 Å². The first-order chi connectivity index (χ1) is 16.1. The number of nitrogens with zero attached hydrogens (tertiary/aromatic N) is 3. The predicted octanol–water partition coefficient (Wildman–Crippen LogP) is 5.18. The molecule has 1 N–H and O–H groups in total. The second kappa shape index (κ2) is 8.74. The lowest BCUT2D eigenvalue weighted by molar-refractivity contribution is -0.384. The van der Waals surface area contributed by atoms with Crippen LogP contribution in [-0.4, -0.2) is 28.9 Å². The Morgan fingerprint density at radius 1 is 1.06 bits per heavy atom. The molecule has 166 valence electrons. The first-order valence-corrected chi connectivity index (χ1v) is 10.8. The van der Waals surface area contributed by atoms with Crippen LogP contribution in [0.5, 0.6) is 0 Å². The zero-order valence-electron chi connectivity index (χ0n) is 17.9. The molecule has 0 saturated carbocycles. The minimum absolute atomic E-state index is 0.0537. The minimum Gasteiger partial charge on any atom is -0.440 e. The van der Waals surface area contributed by atoms with E-state index in [9.17, 15) is 14.9 Å². The summed E-state index contributed by atoms with van der Waals surface area (Å²) in [6, 6.07) is 19.8. The van der Waals surface area contributed by atoms with Crippen molar-refractivity contribution < 1.29 is 14.1 Å². The monoisotopic (exact) mass is 442 g/mol. The molecule has 5 rings (SSSR count). The second-order valence-electron chi connectivity index (χ2n) is 8.06. The van der Waals surface area contributed by atoms with Gasteiger partial charge in [-0.3, -0.25) is 14.9 Å². The highest BCUT2D eigenvalue weighted by Gasteiger charge is 2.24. The third-order valence-electron chi connectivity index (χ3n) is 5.77. The van der Waals surface area contributed by atoms with Gasteiger partial charge in [-0.2, -0.15) is 0 Å². The van der Waals surface area contributed by atoms with Crippen molar-refractivity contribution in [1.29, 1.82) is 0 Å². The van der Waals surface area contributed by atoms with Crippen molar-refractivity contribution in [3.8, 4) is 0 Å². The molecule has 33 heavy (non-hydrogen) atoms. The van der Waals surface area contributed by atoms with Gasteiger partial charge in [-0.25, -0.2) is 4.98 Å². The van der Waals surface area contributed by atoms with Crippen molar-refractivity contribution in [2.24, 2.45) is 0 Å². The summed E-state index contributed by atoms with van der Waals surface area (Å²) >= 11 is 0. The number of carbonyl (C=O) groups is 1. The van der Waals surface area contributed by atoms with Crippen LogP contribution in [0.4, 0.5) is 17.1 Å². The molecule has 2 heterocycles. The van der Waals surface area contributed by atoms with E-state index in [0.29, 0.717) is 34.8 Å². The highest BCUT2D eigenvalue weighted by molar-refractivity contribution is 6.05. The summed E-state index contributed by atoms with van der Waals surface area (Å²) in [5.41, 5.74) is 3.63. The largest absolute Gasteiger partial charge is 0.440 e. The fourth-order valence-electron chi connectivity index (χ4n) is 4.14. The Labute approximate surface area is 190 Å². The molecule has 0 radical (unpaired) electrons. The maximum Gasteiger partial charge on any atom is 0.293 e. The fraction of sp³-hybridized carbons (Fsp3) is 0.200. The third kappa shape index (κ3) is 4.41. The molecule has 1 saturated heterocycles. The Morgan fingerprint density at radius 2 is 1.85 bits per heavy atom. The molecular formula is C25H22N4O4. The number of anilines is 2. The van der Waals surface area contributed by atoms with E-state index in [4.69, 9.17) is 4.42 Å². The molecule has 8 nitrogen and oxygen atoms in total. The van der Waals surface area contributed by atoms with Crippen molar-refractivity contribution in [3.63, 3.8) is 0 Å². The van der Waals surface area contributed by atoms with Gasteiger partial charge in [-0.1, -0.05) is 30.3 Å². The number of nitrogens with one attached hydrogen (secondary N) is 1. The number of aromatic nitrogens is 1. The molecule has 1 amide bonds. The number of carbonyl (C=O) groups excluding carboxylic acids is 1. The summed E-state index contributed by atoms with van der Waals surface area (Å²) in [4.78, 5) is 30.5. The lowest BCUT2D eigenvalue weighted by atomic mass is 10.1. The number of nitro benzene ring substituents is 1. The molecule has 0 atom stereocenters. The van der Waals surface area contributed by atoms with Gasteiger partial charge in [0, 0.05) is 36.8 Å². The first-order valence-electron chi connectivity index (χ1n) is 10.8. The molecule has 1 fully saturated rings. The lowest BCUT2D eigenvalue weighted by Crippen LogP contribution is -2.19. The lowest BCUT2D eigenvalue weighted by Gasteiger charge is -2.17. The summed E-state index contributed by atoms with van der Waals surface area (Å²) in [5, 5.41) is 14.4. The standard InChI is InChI=1S/C25H22N4O4/c30-25(18-8-10-21(22(15-18)29(31)32)28-12-4-5-13-28)26-19-9-11-23-20(16-19)27-24(33-23)14-17-6-2-1-3-7-17/h1-3,6-11,15-16H,4-5,12-14H2,(H,26,30). The van der Waals surface area contributed by atoms with Crippen LogP contribution >= 0.6 is 0 Å². The Hall–Kier alpha value is -4.20. The molecule has 1 aromatic heterocycles. The quantitative estimate of drug-likeness (QED) is 0.326. The maximum absolute atomic E-state index is 12.8. The molecule has 0 bridgehead atoms. The van der Waals surface area contributed by atoms with Crippen LogP contribution in [0.3, 0.4) is 0 Å². The van der Waals surface area contributed by atoms with Gasteiger partial charge in [0.05, 0.1) is 4.92 Å². The number of oxazole rings is 1. The van der Waals surface area contributed by atoms with E-state index < -0.39 is 10.8 Å². The van der Waals surface area contributed by atoms with E-state index >= 15 is 0 Å². The van der Waals surface area contributed by atoms with Crippen LogP contribution in [0.25, 0.3) is 11.1 Å². The van der Waals surface area contributed by atoms with Crippen molar-refractivity contribution >= 4 is 34.1 Å². The second-order valence-corrected chi connectivity index (χ2v) is 8.06. The number of rotatable bonds is 6. The first kappa shape index (κ1) is 20.7. The van der Waals surface area contributed by atoms with Crippen LogP contribution in [0.2, 0.25) is 0 Å². The van der Waals surface area contributed by atoms with Crippen LogP contribution < -0.4 is 10.2 Å². The fourth-order valence-corrected chi connectivity index (χ4v) is 4.14. The smallest absolute Gasteiger partial charge is 0.293 e. The molecule has 3 aromatic carbocycles. The predicted molar refractivity (Wildman–Crippen MR) is 126 cm³/mol. The molecule has 8 heteroatoms. The van der Waals surface area contributed by atoms with Crippen LogP contribution in [0, 0.1) is 10.1 Å². The van der Waals surface area contributed by atoms with Crippen molar-refractivity contribution in [3.05, 3.63) is 93.9 Å². The van der Waals surface area contributed by atoms with E-state index in [1.165, 1.54) is 6.07 Å². The maximum atomic E-state index is 12.8. The highest BCUT2D eigenvalue weighted by atomic mass is 16.6. The summed E-state index contributed by atoms with van der Waals surface area (Å²) < 4.78 is 5.82. The van der Waals surface area contributed by atoms with E-state index in [0.717, 1.165) is 31.5 Å². The average Bonchev–Trinajstić information content (AvgIpc) is 3.49. The number of nitro groups is 1. The van der Waals surface area contributed by atoms with Gasteiger partial charge in [-0.15, -0.1) is 0 Å². The van der Waals surface area contributed by atoms with Gasteiger partial charge in [0.2, 0.25) is 0 Å². The van der Waals surface area contributed by atoms with Crippen LogP contribution in [-0.2, 0) is 6.42 Å². The number of amides is 1. The number of hydrogen-bond donors (Lipinski definition) is 1. The van der Waals surface area contributed by atoms with Gasteiger partial charge >= 0.3 is 0 Å². The van der Waals surface area contributed by atoms with Gasteiger partial charge in [0.15, 0.2) is 11.5 Å². The molecule has 0 unspecified atom stereocenters. The number of benzene rings is 3. The average molecular weight is 442 g/mol. The van der Waals surface area contributed by atoms with Gasteiger partial charge < -0.3 is 14.6 Å². The Morgan fingerprint density at radius 3 is 2.61 bits per heavy atom. The zero-order valence-corrected chi connectivity index (χ0v) is 17.9. The van der Waals surface area contributed by atoms with Gasteiger partial charge in [0.25, 0.3) is 11.6 Å². The molecule has 0 aliphatic carbocycles.